The van der Waals surface area contributed by atoms with E-state index in [1.807, 2.05) is 0 Å². The second-order valence-corrected chi connectivity index (χ2v) is 6.16. The molecule has 1 heterocycles. The van der Waals surface area contributed by atoms with Crippen molar-refractivity contribution < 1.29 is 17.2 Å². The van der Waals surface area contributed by atoms with Gasteiger partial charge < -0.3 is 5.73 Å². The van der Waals surface area contributed by atoms with E-state index < -0.39 is 26.6 Å². The normalized spacial score (nSPS) is 11.3. The number of halogens is 3. The minimum Gasteiger partial charge on any atom is -0.399 e. The van der Waals surface area contributed by atoms with Crippen LogP contribution in [-0.4, -0.2) is 13.4 Å². The van der Waals surface area contributed by atoms with Gasteiger partial charge in [0.05, 0.1) is 5.69 Å². The summed E-state index contributed by atoms with van der Waals surface area (Å²) in [4.78, 5) is 2.94. The molecule has 0 spiro atoms. The zero-order chi connectivity index (χ0) is 14.9. The first kappa shape index (κ1) is 14.7. The van der Waals surface area contributed by atoms with Crippen molar-refractivity contribution in [2.75, 3.05) is 10.5 Å². The lowest BCUT2D eigenvalue weighted by atomic mass is 10.3. The third-order valence-corrected chi connectivity index (χ3v) is 4.31. The highest BCUT2D eigenvalue weighted by molar-refractivity contribution is 9.10. The zero-order valence-electron chi connectivity index (χ0n) is 9.77. The smallest absolute Gasteiger partial charge is 0.265 e. The number of sulfonamides is 1. The van der Waals surface area contributed by atoms with Gasteiger partial charge >= 0.3 is 0 Å². The van der Waals surface area contributed by atoms with Crippen molar-refractivity contribution >= 4 is 37.3 Å². The number of nitrogen functional groups attached to an aromatic ring is 1. The van der Waals surface area contributed by atoms with Crippen LogP contribution >= 0.6 is 15.9 Å². The Morgan fingerprint density at radius 3 is 2.65 bits per heavy atom. The minimum absolute atomic E-state index is 0.0923. The van der Waals surface area contributed by atoms with Gasteiger partial charge in [-0.2, -0.15) is 0 Å². The molecule has 0 bridgehead atoms. The van der Waals surface area contributed by atoms with E-state index in [9.17, 15) is 17.2 Å². The summed E-state index contributed by atoms with van der Waals surface area (Å²) in [6, 6.07) is 4.44. The van der Waals surface area contributed by atoms with Crippen molar-refractivity contribution in [3.63, 3.8) is 0 Å². The molecule has 0 unspecified atom stereocenters. The third-order valence-electron chi connectivity index (χ3n) is 2.31. The van der Waals surface area contributed by atoms with Crippen LogP contribution in [-0.2, 0) is 10.0 Å². The Morgan fingerprint density at radius 2 is 2.00 bits per heavy atom. The molecule has 0 saturated heterocycles. The quantitative estimate of drug-likeness (QED) is 0.648. The maximum absolute atomic E-state index is 13.6. The Bertz CT molecular complexity index is 768. The van der Waals surface area contributed by atoms with Gasteiger partial charge in [0.15, 0.2) is 11.6 Å². The second kappa shape index (κ2) is 5.33. The molecular weight excluding hydrogens is 356 g/mol. The summed E-state index contributed by atoms with van der Waals surface area (Å²) in [5, 5.41) is 0. The van der Waals surface area contributed by atoms with Gasteiger partial charge in [-0.1, -0.05) is 0 Å². The van der Waals surface area contributed by atoms with Crippen LogP contribution in [0.25, 0.3) is 0 Å². The van der Waals surface area contributed by atoms with Gasteiger partial charge in [0, 0.05) is 11.9 Å². The Hall–Kier alpha value is -1.74. The second-order valence-electron chi connectivity index (χ2n) is 3.76. The maximum atomic E-state index is 13.6. The first-order valence-electron chi connectivity index (χ1n) is 5.19. The van der Waals surface area contributed by atoms with E-state index in [0.717, 1.165) is 6.07 Å². The summed E-state index contributed by atoms with van der Waals surface area (Å²) in [5.41, 5.74) is 5.22. The molecule has 1 aromatic heterocycles. The van der Waals surface area contributed by atoms with Crippen molar-refractivity contribution in [2.24, 2.45) is 0 Å². The molecule has 5 nitrogen and oxygen atoms in total. The maximum Gasteiger partial charge on any atom is 0.265 e. The van der Waals surface area contributed by atoms with Crippen LogP contribution in [0.1, 0.15) is 0 Å². The van der Waals surface area contributed by atoms with Gasteiger partial charge in [-0.05, 0) is 40.2 Å². The Morgan fingerprint density at radius 1 is 1.30 bits per heavy atom. The number of anilines is 2. The van der Waals surface area contributed by atoms with Gasteiger partial charge in [0.2, 0.25) is 0 Å². The van der Waals surface area contributed by atoms with E-state index >= 15 is 0 Å². The highest BCUT2D eigenvalue weighted by Crippen LogP contribution is 2.26. The predicted molar refractivity (Wildman–Crippen MR) is 73.5 cm³/mol. The zero-order valence-corrected chi connectivity index (χ0v) is 12.2. The SMILES string of the molecule is Nc1cc(F)c(F)c(S(=O)(=O)Nc2cccnc2Br)c1. The highest BCUT2D eigenvalue weighted by atomic mass is 79.9. The van der Waals surface area contributed by atoms with Crippen LogP contribution in [0.4, 0.5) is 20.2 Å². The fourth-order valence-corrected chi connectivity index (χ4v) is 3.11. The number of hydrogen-bond acceptors (Lipinski definition) is 4. The monoisotopic (exact) mass is 363 g/mol. The fraction of sp³-hybridized carbons (Fsp3) is 0. The van der Waals surface area contributed by atoms with Gasteiger partial charge in [-0.3, -0.25) is 4.72 Å². The Balaban J connectivity index is 2.49. The van der Waals surface area contributed by atoms with Gasteiger partial charge in [-0.15, -0.1) is 0 Å². The first-order chi connectivity index (χ1) is 9.31. The van der Waals surface area contributed by atoms with Crippen LogP contribution < -0.4 is 10.5 Å². The van der Waals surface area contributed by atoms with E-state index in [-0.39, 0.29) is 16.0 Å². The number of rotatable bonds is 3. The van der Waals surface area contributed by atoms with Gasteiger partial charge in [-0.25, -0.2) is 22.2 Å². The molecular formula is C11H8BrF2N3O2S. The summed E-state index contributed by atoms with van der Waals surface area (Å²) >= 11 is 3.04. The summed E-state index contributed by atoms with van der Waals surface area (Å²) in [5.74, 6) is -2.83. The van der Waals surface area contributed by atoms with Crippen LogP contribution in [0.15, 0.2) is 40.0 Å². The molecule has 0 radical (unpaired) electrons. The van der Waals surface area contributed by atoms with Crippen molar-refractivity contribution in [3.8, 4) is 0 Å². The molecule has 3 N–H and O–H groups in total. The van der Waals surface area contributed by atoms with E-state index in [1.165, 1.54) is 18.3 Å². The molecule has 0 aliphatic rings. The number of nitrogens with zero attached hydrogens (tertiary/aromatic N) is 1. The largest absolute Gasteiger partial charge is 0.399 e. The summed E-state index contributed by atoms with van der Waals surface area (Å²) in [7, 11) is -4.33. The molecule has 2 aromatic rings. The number of benzene rings is 1. The van der Waals surface area contributed by atoms with Gasteiger partial charge in [0.25, 0.3) is 10.0 Å². The van der Waals surface area contributed by atoms with Crippen molar-refractivity contribution in [3.05, 3.63) is 46.7 Å². The third kappa shape index (κ3) is 2.88. The van der Waals surface area contributed by atoms with Crippen molar-refractivity contribution in [2.45, 2.75) is 4.90 Å². The molecule has 9 heteroatoms. The topological polar surface area (TPSA) is 85.1 Å². The number of nitrogens with one attached hydrogen (secondary N) is 1. The van der Waals surface area contributed by atoms with Crippen LogP contribution in [0.5, 0.6) is 0 Å². The number of hydrogen-bond donors (Lipinski definition) is 2. The van der Waals surface area contributed by atoms with Crippen LogP contribution in [0.3, 0.4) is 0 Å². The average Bonchev–Trinajstić information content (AvgIpc) is 2.36. The Kier molecular flexibility index (Phi) is 3.91. The van der Waals surface area contributed by atoms with E-state index in [2.05, 4.69) is 25.6 Å². The lowest BCUT2D eigenvalue weighted by molar-refractivity contribution is 0.486. The lowest BCUT2D eigenvalue weighted by Crippen LogP contribution is -2.16. The molecule has 2 rings (SSSR count). The molecule has 106 valence electrons. The summed E-state index contributed by atoms with van der Waals surface area (Å²) in [6.45, 7) is 0. The molecule has 0 saturated carbocycles. The minimum atomic E-state index is -4.33. The summed E-state index contributed by atoms with van der Waals surface area (Å²) < 4.78 is 53.3. The van der Waals surface area contributed by atoms with E-state index in [4.69, 9.17) is 5.73 Å². The average molecular weight is 364 g/mol. The molecule has 0 aliphatic heterocycles. The molecule has 0 amide bonds. The molecule has 20 heavy (non-hydrogen) atoms. The van der Waals surface area contributed by atoms with Crippen LogP contribution in [0, 0.1) is 11.6 Å². The van der Waals surface area contributed by atoms with Crippen molar-refractivity contribution in [1.82, 2.24) is 4.98 Å². The van der Waals surface area contributed by atoms with Crippen LogP contribution in [0.2, 0.25) is 0 Å². The van der Waals surface area contributed by atoms with E-state index in [0.29, 0.717) is 6.07 Å². The number of pyridine rings is 1. The molecule has 1 aromatic carbocycles. The van der Waals surface area contributed by atoms with Crippen molar-refractivity contribution in [1.29, 1.82) is 0 Å². The molecule has 0 aliphatic carbocycles. The number of aromatic nitrogens is 1. The summed E-state index contributed by atoms with van der Waals surface area (Å²) in [6.07, 6.45) is 1.43. The molecule has 0 fully saturated rings. The van der Waals surface area contributed by atoms with Gasteiger partial charge in [0.1, 0.15) is 9.50 Å². The predicted octanol–water partition coefficient (Wildman–Crippen LogP) is 2.51. The lowest BCUT2D eigenvalue weighted by Gasteiger charge is -2.10. The Labute approximate surface area is 122 Å². The first-order valence-corrected chi connectivity index (χ1v) is 7.47. The number of nitrogens with two attached hydrogens (primary N) is 1. The highest BCUT2D eigenvalue weighted by Gasteiger charge is 2.23. The fourth-order valence-electron chi connectivity index (χ4n) is 1.44. The van der Waals surface area contributed by atoms with E-state index in [1.54, 1.807) is 0 Å². The molecule has 0 atom stereocenters. The standard InChI is InChI=1S/C11H8BrF2N3O2S/c12-11-8(2-1-3-16-11)17-20(18,19)9-5-6(15)4-7(13)10(9)14/h1-5,17H,15H2.